The van der Waals surface area contributed by atoms with E-state index >= 15 is 0 Å². The molecule has 1 aliphatic heterocycles. The number of carbonyl (C=O) groups is 1. The number of aromatic nitrogens is 2. The number of amides is 1. The Morgan fingerprint density at radius 1 is 1.19 bits per heavy atom. The fourth-order valence-electron chi connectivity index (χ4n) is 3.38. The minimum Gasteiger partial charge on any atom is -0.350 e. The van der Waals surface area contributed by atoms with Crippen molar-refractivity contribution in [3.8, 4) is 16.9 Å². The first-order valence-electron chi connectivity index (χ1n) is 10.0. The number of carbonyl (C=O) groups excluding carboxylic acids is 1. The van der Waals surface area contributed by atoms with Gasteiger partial charge in [-0.25, -0.2) is 15.0 Å². The Labute approximate surface area is 178 Å². The summed E-state index contributed by atoms with van der Waals surface area (Å²) < 4.78 is 7.14. The lowest BCUT2D eigenvalue weighted by atomic mass is 10.1. The predicted molar refractivity (Wildman–Crippen MR) is 112 cm³/mol. The summed E-state index contributed by atoms with van der Waals surface area (Å²) in [5, 5.41) is 15.6. The third-order valence-electron chi connectivity index (χ3n) is 4.96. The largest absolute Gasteiger partial charge is 0.350 e. The number of rotatable bonds is 7. The van der Waals surface area contributed by atoms with Crippen molar-refractivity contribution >= 4 is 11.6 Å². The van der Waals surface area contributed by atoms with Crippen LogP contribution in [0.4, 0.5) is 5.69 Å². The van der Waals surface area contributed by atoms with Crippen LogP contribution in [-0.2, 0) is 20.8 Å². The first-order chi connectivity index (χ1) is 15.1. The van der Waals surface area contributed by atoms with Crippen LogP contribution in [0.15, 0.2) is 60.8 Å². The maximum Gasteiger partial charge on any atom is 0.269 e. The lowest BCUT2D eigenvalue weighted by Crippen LogP contribution is -2.33. The van der Waals surface area contributed by atoms with Crippen LogP contribution in [0.5, 0.6) is 0 Å². The maximum atomic E-state index is 12.5. The molecule has 1 saturated heterocycles. The number of benzene rings is 2. The number of hydroxylamine groups is 1. The molecule has 1 aliphatic rings. The molecule has 3 aromatic rings. The van der Waals surface area contributed by atoms with Crippen LogP contribution in [0, 0.1) is 10.1 Å². The number of para-hydroxylation sites is 1. The lowest BCUT2D eigenvalue weighted by Gasteiger charge is -2.22. The monoisotopic (exact) mass is 422 g/mol. The van der Waals surface area contributed by atoms with Crippen LogP contribution >= 0.6 is 0 Å². The van der Waals surface area contributed by atoms with Gasteiger partial charge in [-0.15, -0.1) is 0 Å². The molecule has 9 heteroatoms. The Morgan fingerprint density at radius 3 is 2.65 bits per heavy atom. The molecule has 1 aromatic heterocycles. The molecule has 0 radical (unpaired) electrons. The SMILES string of the molecule is O=C(Cc1cn(-c2ccccc2)nc1-c1ccc([N+](=O)[O-])cc1)NOC1CCCCO1. The second-order valence-electron chi connectivity index (χ2n) is 7.20. The van der Waals surface area contributed by atoms with Gasteiger partial charge in [0.05, 0.1) is 22.7 Å². The van der Waals surface area contributed by atoms with Crippen LogP contribution in [0.3, 0.4) is 0 Å². The van der Waals surface area contributed by atoms with Gasteiger partial charge in [0, 0.05) is 42.5 Å². The van der Waals surface area contributed by atoms with Crippen molar-refractivity contribution in [2.45, 2.75) is 32.0 Å². The zero-order chi connectivity index (χ0) is 21.6. The predicted octanol–water partition coefficient (Wildman–Crippen LogP) is 3.56. The highest BCUT2D eigenvalue weighted by Crippen LogP contribution is 2.26. The molecule has 31 heavy (non-hydrogen) atoms. The molecule has 1 atom stereocenters. The summed E-state index contributed by atoms with van der Waals surface area (Å²) >= 11 is 0. The van der Waals surface area contributed by atoms with Crippen molar-refractivity contribution in [3.63, 3.8) is 0 Å². The molecule has 1 fully saturated rings. The standard InChI is InChI=1S/C22H22N4O5/c27-20(24-31-21-8-4-5-13-30-21)14-17-15-25(18-6-2-1-3-7-18)23-22(17)16-9-11-19(12-10-16)26(28)29/h1-3,6-7,9-12,15,21H,4-5,8,13-14H2,(H,24,27). The minimum absolute atomic E-state index is 0.00795. The Hall–Kier alpha value is -3.56. The van der Waals surface area contributed by atoms with Crippen LogP contribution in [-0.4, -0.2) is 33.5 Å². The fraction of sp³-hybridized carbons (Fsp3) is 0.273. The quantitative estimate of drug-likeness (QED) is 0.461. The van der Waals surface area contributed by atoms with Gasteiger partial charge in [-0.1, -0.05) is 18.2 Å². The number of nitro benzene ring substituents is 1. The van der Waals surface area contributed by atoms with E-state index in [1.807, 2.05) is 30.3 Å². The van der Waals surface area contributed by atoms with Gasteiger partial charge in [-0.05, 0) is 37.1 Å². The van der Waals surface area contributed by atoms with E-state index in [1.54, 1.807) is 23.0 Å². The molecule has 0 bridgehead atoms. The van der Waals surface area contributed by atoms with Gasteiger partial charge in [0.2, 0.25) is 5.91 Å². The average Bonchev–Trinajstić information content (AvgIpc) is 3.22. The molecule has 2 aromatic carbocycles. The van der Waals surface area contributed by atoms with E-state index in [0.29, 0.717) is 23.4 Å². The van der Waals surface area contributed by atoms with Crippen LogP contribution in [0.2, 0.25) is 0 Å². The van der Waals surface area contributed by atoms with Crippen LogP contribution < -0.4 is 5.48 Å². The Balaban J connectivity index is 1.56. The first-order valence-corrected chi connectivity index (χ1v) is 10.0. The number of non-ortho nitro benzene ring substituents is 1. The highest BCUT2D eigenvalue weighted by molar-refractivity contribution is 5.80. The van der Waals surface area contributed by atoms with Gasteiger partial charge in [0.25, 0.3) is 5.69 Å². The lowest BCUT2D eigenvalue weighted by molar-refractivity contribution is -0.384. The van der Waals surface area contributed by atoms with E-state index in [0.717, 1.165) is 24.9 Å². The van der Waals surface area contributed by atoms with Crippen molar-refractivity contribution in [3.05, 3.63) is 76.5 Å². The second-order valence-corrected chi connectivity index (χ2v) is 7.20. The zero-order valence-corrected chi connectivity index (χ0v) is 16.8. The van der Waals surface area contributed by atoms with E-state index in [9.17, 15) is 14.9 Å². The smallest absolute Gasteiger partial charge is 0.269 e. The molecule has 0 spiro atoms. The van der Waals surface area contributed by atoms with Crippen molar-refractivity contribution in [2.75, 3.05) is 6.61 Å². The van der Waals surface area contributed by atoms with E-state index in [1.165, 1.54) is 12.1 Å². The Bertz CT molecular complexity index is 1040. The summed E-state index contributed by atoms with van der Waals surface area (Å²) in [5.74, 6) is -0.329. The fourth-order valence-corrected chi connectivity index (χ4v) is 3.38. The van der Waals surface area contributed by atoms with Crippen molar-refractivity contribution in [2.24, 2.45) is 0 Å². The zero-order valence-electron chi connectivity index (χ0n) is 16.8. The molecular formula is C22H22N4O5. The average molecular weight is 422 g/mol. The van der Waals surface area contributed by atoms with Crippen LogP contribution in [0.25, 0.3) is 16.9 Å². The minimum atomic E-state index is -0.453. The summed E-state index contributed by atoms with van der Waals surface area (Å²) in [4.78, 5) is 28.4. The van der Waals surface area contributed by atoms with Crippen molar-refractivity contribution < 1.29 is 19.3 Å². The van der Waals surface area contributed by atoms with Crippen molar-refractivity contribution in [1.82, 2.24) is 15.3 Å². The molecule has 0 aliphatic carbocycles. The van der Waals surface area contributed by atoms with E-state index in [-0.39, 0.29) is 18.0 Å². The van der Waals surface area contributed by atoms with Gasteiger partial charge < -0.3 is 4.74 Å². The molecule has 0 saturated carbocycles. The van der Waals surface area contributed by atoms with Gasteiger partial charge in [0.15, 0.2) is 6.29 Å². The molecule has 9 nitrogen and oxygen atoms in total. The second kappa shape index (κ2) is 9.50. The first kappa shape index (κ1) is 20.7. The Kier molecular flexibility index (Phi) is 6.34. The van der Waals surface area contributed by atoms with E-state index < -0.39 is 11.2 Å². The Morgan fingerprint density at radius 2 is 1.97 bits per heavy atom. The highest BCUT2D eigenvalue weighted by atomic mass is 16.8. The number of ether oxygens (including phenoxy) is 1. The van der Waals surface area contributed by atoms with Gasteiger partial charge in [-0.3, -0.25) is 14.9 Å². The summed E-state index contributed by atoms with van der Waals surface area (Å²) in [6.45, 7) is 0.620. The molecule has 4 rings (SSSR count). The highest BCUT2D eigenvalue weighted by Gasteiger charge is 2.19. The number of hydrogen-bond donors (Lipinski definition) is 1. The third-order valence-corrected chi connectivity index (χ3v) is 4.96. The normalized spacial score (nSPS) is 16.1. The summed E-state index contributed by atoms with van der Waals surface area (Å²) in [5.41, 5.74) is 5.21. The topological polar surface area (TPSA) is 109 Å². The summed E-state index contributed by atoms with van der Waals surface area (Å²) in [6.07, 6.45) is 4.10. The summed E-state index contributed by atoms with van der Waals surface area (Å²) in [6, 6.07) is 15.6. The van der Waals surface area contributed by atoms with Gasteiger partial charge in [-0.2, -0.15) is 5.10 Å². The molecular weight excluding hydrogens is 400 g/mol. The number of nitrogens with zero attached hydrogens (tertiary/aromatic N) is 3. The van der Waals surface area contributed by atoms with Gasteiger partial charge >= 0.3 is 0 Å². The molecule has 1 N–H and O–H groups in total. The van der Waals surface area contributed by atoms with E-state index in [2.05, 4.69) is 10.6 Å². The third kappa shape index (κ3) is 5.14. The van der Waals surface area contributed by atoms with Crippen molar-refractivity contribution in [1.29, 1.82) is 0 Å². The van der Waals surface area contributed by atoms with E-state index in [4.69, 9.17) is 9.57 Å². The maximum absolute atomic E-state index is 12.5. The number of nitro groups is 1. The number of hydrogen-bond acceptors (Lipinski definition) is 6. The number of nitrogens with one attached hydrogen (secondary N) is 1. The molecule has 160 valence electrons. The molecule has 1 unspecified atom stereocenters. The van der Waals surface area contributed by atoms with Gasteiger partial charge in [0.1, 0.15) is 0 Å². The molecule has 2 heterocycles. The van der Waals surface area contributed by atoms with Crippen LogP contribution in [0.1, 0.15) is 24.8 Å². The summed E-state index contributed by atoms with van der Waals surface area (Å²) in [7, 11) is 0. The molecule has 1 amide bonds.